The normalized spacial score (nSPS) is 11.1. The molecule has 6 heteroatoms. The third kappa shape index (κ3) is 2.52. The average molecular weight is 288 g/mol. The lowest BCUT2D eigenvalue weighted by molar-refractivity contribution is 0.198. The molecule has 3 rings (SSSR count). The smallest absolute Gasteiger partial charge is 0.180 e. The van der Waals surface area contributed by atoms with E-state index in [1.54, 1.807) is 24.6 Å². The Balaban J connectivity index is 1.88. The first kappa shape index (κ1) is 13.1. The third-order valence-corrected chi connectivity index (χ3v) is 3.75. The van der Waals surface area contributed by atoms with Crippen molar-refractivity contribution >= 4 is 22.8 Å². The second-order valence-electron chi connectivity index (χ2n) is 4.40. The van der Waals surface area contributed by atoms with Crippen molar-refractivity contribution in [1.82, 2.24) is 14.4 Å². The Kier molecular flexibility index (Phi) is 3.94. The molecular formula is C14H16N4OS. The summed E-state index contributed by atoms with van der Waals surface area (Å²) < 4.78 is 7.10. The standard InChI is InChI=1S/C14H16N4OS/c1-19-7-2-4-15-13-14-17-9-12(11-3-8-20-10-11)18(14)6-5-16-13/h3,5-6,8-10H,2,4,7H2,1H3,(H,15,16). The van der Waals surface area contributed by atoms with Crippen LogP contribution in [0.1, 0.15) is 6.42 Å². The topological polar surface area (TPSA) is 51.5 Å². The van der Waals surface area contributed by atoms with Crippen LogP contribution in [0.4, 0.5) is 5.82 Å². The highest BCUT2D eigenvalue weighted by Gasteiger charge is 2.09. The van der Waals surface area contributed by atoms with Crippen molar-refractivity contribution < 1.29 is 4.74 Å². The molecule has 0 spiro atoms. The van der Waals surface area contributed by atoms with Crippen LogP contribution < -0.4 is 5.32 Å². The van der Waals surface area contributed by atoms with Crippen molar-refractivity contribution in [2.75, 3.05) is 25.6 Å². The summed E-state index contributed by atoms with van der Waals surface area (Å²) in [6.45, 7) is 1.56. The number of aromatic nitrogens is 3. The molecule has 0 atom stereocenters. The van der Waals surface area contributed by atoms with Crippen molar-refractivity contribution in [2.24, 2.45) is 0 Å². The quantitative estimate of drug-likeness (QED) is 0.709. The molecule has 0 aliphatic rings. The molecule has 0 unspecified atom stereocenters. The van der Waals surface area contributed by atoms with E-state index in [2.05, 4.69) is 36.5 Å². The summed E-state index contributed by atoms with van der Waals surface area (Å²) in [7, 11) is 1.71. The zero-order chi connectivity index (χ0) is 13.8. The van der Waals surface area contributed by atoms with E-state index in [4.69, 9.17) is 4.74 Å². The summed E-state index contributed by atoms with van der Waals surface area (Å²) in [4.78, 5) is 8.85. The van der Waals surface area contributed by atoms with Crippen LogP contribution in [-0.2, 0) is 4.74 Å². The molecule has 20 heavy (non-hydrogen) atoms. The second-order valence-corrected chi connectivity index (χ2v) is 5.18. The maximum atomic E-state index is 5.04. The van der Waals surface area contributed by atoms with Gasteiger partial charge in [-0.15, -0.1) is 0 Å². The second kappa shape index (κ2) is 6.02. The van der Waals surface area contributed by atoms with Crippen molar-refractivity contribution in [1.29, 1.82) is 0 Å². The largest absolute Gasteiger partial charge is 0.385 e. The van der Waals surface area contributed by atoms with Gasteiger partial charge in [-0.25, -0.2) is 9.97 Å². The molecule has 0 aliphatic heterocycles. The summed E-state index contributed by atoms with van der Waals surface area (Å²) in [6.07, 6.45) is 6.57. The van der Waals surface area contributed by atoms with Gasteiger partial charge in [0.1, 0.15) is 0 Å². The molecule has 0 bridgehead atoms. The first-order valence-corrected chi connectivity index (χ1v) is 7.42. The average Bonchev–Trinajstić information content (AvgIpc) is 3.12. The zero-order valence-corrected chi connectivity index (χ0v) is 12.1. The van der Waals surface area contributed by atoms with Crippen LogP contribution in [0, 0.1) is 0 Å². The number of rotatable bonds is 6. The molecule has 1 N–H and O–H groups in total. The van der Waals surface area contributed by atoms with E-state index < -0.39 is 0 Å². The third-order valence-electron chi connectivity index (χ3n) is 3.06. The fourth-order valence-corrected chi connectivity index (χ4v) is 2.74. The van der Waals surface area contributed by atoms with Gasteiger partial charge in [0.25, 0.3) is 0 Å². The molecule has 0 aliphatic carbocycles. The number of nitrogens with one attached hydrogen (secondary N) is 1. The van der Waals surface area contributed by atoms with Crippen LogP contribution in [0.5, 0.6) is 0 Å². The minimum atomic E-state index is 0.741. The van der Waals surface area contributed by atoms with E-state index in [1.807, 2.05) is 12.4 Å². The van der Waals surface area contributed by atoms with Gasteiger partial charge in [0.2, 0.25) is 0 Å². The van der Waals surface area contributed by atoms with Gasteiger partial charge < -0.3 is 10.1 Å². The number of thiophene rings is 1. The molecule has 3 aromatic heterocycles. The zero-order valence-electron chi connectivity index (χ0n) is 11.2. The lowest BCUT2D eigenvalue weighted by Gasteiger charge is -2.07. The van der Waals surface area contributed by atoms with E-state index in [9.17, 15) is 0 Å². The van der Waals surface area contributed by atoms with Crippen molar-refractivity contribution in [2.45, 2.75) is 6.42 Å². The van der Waals surface area contributed by atoms with E-state index in [0.717, 1.165) is 36.7 Å². The van der Waals surface area contributed by atoms with Crippen LogP contribution in [0.25, 0.3) is 16.9 Å². The molecule has 0 saturated heterocycles. The molecule has 3 aromatic rings. The lowest BCUT2D eigenvalue weighted by Crippen LogP contribution is -2.07. The maximum absolute atomic E-state index is 5.04. The van der Waals surface area contributed by atoms with Gasteiger partial charge in [-0.1, -0.05) is 0 Å². The number of fused-ring (bicyclic) bond motifs is 1. The SMILES string of the molecule is COCCCNc1nccn2c(-c3ccsc3)cnc12. The van der Waals surface area contributed by atoms with Crippen molar-refractivity contribution in [3.63, 3.8) is 0 Å². The summed E-state index contributed by atoms with van der Waals surface area (Å²) in [5.74, 6) is 0.810. The van der Waals surface area contributed by atoms with Crippen molar-refractivity contribution in [3.8, 4) is 11.3 Å². The van der Waals surface area contributed by atoms with Crippen LogP contribution >= 0.6 is 11.3 Å². The molecule has 3 heterocycles. The van der Waals surface area contributed by atoms with Gasteiger partial charge in [-0.3, -0.25) is 4.40 Å². The number of hydrogen-bond donors (Lipinski definition) is 1. The summed E-state index contributed by atoms with van der Waals surface area (Å²) in [6, 6.07) is 2.10. The highest BCUT2D eigenvalue weighted by Crippen LogP contribution is 2.24. The molecule has 0 radical (unpaired) electrons. The van der Waals surface area contributed by atoms with E-state index in [-0.39, 0.29) is 0 Å². The van der Waals surface area contributed by atoms with Gasteiger partial charge in [0.05, 0.1) is 11.9 Å². The first-order valence-electron chi connectivity index (χ1n) is 6.47. The van der Waals surface area contributed by atoms with Crippen LogP contribution in [0.15, 0.2) is 35.4 Å². The van der Waals surface area contributed by atoms with E-state index in [1.165, 1.54) is 5.56 Å². The summed E-state index contributed by atoms with van der Waals surface area (Å²) in [5.41, 5.74) is 3.12. The Hall–Kier alpha value is -1.92. The number of ether oxygens (including phenoxy) is 1. The first-order chi connectivity index (χ1) is 9.90. The number of imidazole rings is 1. The Morgan fingerprint density at radius 3 is 3.15 bits per heavy atom. The fraction of sp³-hybridized carbons (Fsp3) is 0.286. The molecule has 0 fully saturated rings. The Morgan fingerprint density at radius 1 is 1.40 bits per heavy atom. The monoisotopic (exact) mass is 288 g/mol. The maximum Gasteiger partial charge on any atom is 0.180 e. The van der Waals surface area contributed by atoms with Gasteiger partial charge in [-0.05, 0) is 17.9 Å². The van der Waals surface area contributed by atoms with Gasteiger partial charge in [0.15, 0.2) is 11.5 Å². The van der Waals surface area contributed by atoms with Crippen LogP contribution in [-0.4, -0.2) is 34.6 Å². The van der Waals surface area contributed by atoms with Gasteiger partial charge >= 0.3 is 0 Å². The predicted molar refractivity (Wildman–Crippen MR) is 81.3 cm³/mol. The van der Waals surface area contributed by atoms with Gasteiger partial charge in [0, 0.05) is 43.6 Å². The van der Waals surface area contributed by atoms with E-state index in [0.29, 0.717) is 0 Å². The fourth-order valence-electron chi connectivity index (χ4n) is 2.09. The molecule has 0 saturated carbocycles. The molecule has 104 valence electrons. The Bertz CT molecular complexity index is 678. The van der Waals surface area contributed by atoms with Crippen molar-refractivity contribution in [3.05, 3.63) is 35.4 Å². The number of anilines is 1. The molecule has 0 amide bonds. The molecule has 5 nitrogen and oxygen atoms in total. The summed E-state index contributed by atoms with van der Waals surface area (Å²) >= 11 is 1.68. The minimum absolute atomic E-state index is 0.741. The lowest BCUT2D eigenvalue weighted by atomic mass is 10.3. The Morgan fingerprint density at radius 2 is 2.35 bits per heavy atom. The van der Waals surface area contributed by atoms with E-state index >= 15 is 0 Å². The minimum Gasteiger partial charge on any atom is -0.385 e. The number of hydrogen-bond acceptors (Lipinski definition) is 5. The van der Waals surface area contributed by atoms with Crippen LogP contribution in [0.3, 0.4) is 0 Å². The number of methoxy groups -OCH3 is 1. The summed E-state index contributed by atoms with van der Waals surface area (Å²) in [5, 5.41) is 7.50. The number of nitrogens with zero attached hydrogens (tertiary/aromatic N) is 3. The molecular weight excluding hydrogens is 272 g/mol. The Labute approximate surface area is 121 Å². The highest BCUT2D eigenvalue weighted by atomic mass is 32.1. The molecule has 0 aromatic carbocycles. The van der Waals surface area contributed by atoms with Gasteiger partial charge in [-0.2, -0.15) is 11.3 Å². The van der Waals surface area contributed by atoms with Crippen LogP contribution in [0.2, 0.25) is 0 Å². The predicted octanol–water partition coefficient (Wildman–Crippen LogP) is 2.91. The highest BCUT2D eigenvalue weighted by molar-refractivity contribution is 7.08.